The molecule has 1 aliphatic rings. The number of carbonyl (C=O) groups excluding carboxylic acids is 1. The first-order chi connectivity index (χ1) is 14.2. The van der Waals surface area contributed by atoms with E-state index in [2.05, 4.69) is 22.3 Å². The van der Waals surface area contributed by atoms with E-state index in [0.717, 1.165) is 48.4 Å². The maximum Gasteiger partial charge on any atom is 0.230 e. The maximum absolute atomic E-state index is 12.4. The Labute approximate surface area is 181 Å². The second-order valence-corrected chi connectivity index (χ2v) is 8.29. The molecule has 1 atom stereocenters. The van der Waals surface area contributed by atoms with Gasteiger partial charge in [-0.25, -0.2) is 0 Å². The normalized spacial score (nSPS) is 15.7. The van der Waals surface area contributed by atoms with Crippen LogP contribution in [-0.4, -0.2) is 56.5 Å². The molecule has 29 heavy (non-hydrogen) atoms. The summed E-state index contributed by atoms with van der Waals surface area (Å²) < 4.78 is 10.8. The van der Waals surface area contributed by atoms with E-state index >= 15 is 0 Å². The number of hydrogen-bond donors (Lipinski definition) is 1. The molecule has 0 bridgehead atoms. The van der Waals surface area contributed by atoms with Crippen molar-refractivity contribution in [2.75, 3.05) is 45.7 Å². The molecule has 1 saturated heterocycles. The van der Waals surface area contributed by atoms with Crippen LogP contribution in [0.5, 0.6) is 5.75 Å². The first-order valence-corrected chi connectivity index (χ1v) is 11.2. The highest BCUT2D eigenvalue weighted by atomic mass is 35.5. The van der Waals surface area contributed by atoms with Crippen LogP contribution in [-0.2, 0) is 15.3 Å². The molecule has 1 N–H and O–H groups in total. The quantitative estimate of drug-likeness (QED) is 0.651. The van der Waals surface area contributed by atoms with Gasteiger partial charge in [-0.2, -0.15) is 0 Å². The van der Waals surface area contributed by atoms with Gasteiger partial charge in [0.05, 0.1) is 32.1 Å². The number of ether oxygens (including phenoxy) is 2. The van der Waals surface area contributed by atoms with Crippen molar-refractivity contribution < 1.29 is 14.3 Å². The van der Waals surface area contributed by atoms with E-state index in [1.54, 1.807) is 18.9 Å². The third-order valence-corrected chi connectivity index (χ3v) is 6.11. The summed E-state index contributed by atoms with van der Waals surface area (Å²) in [5.74, 6) is 2.06. The lowest BCUT2D eigenvalue weighted by atomic mass is 10.0. The van der Waals surface area contributed by atoms with E-state index in [1.807, 2.05) is 36.4 Å². The number of hydrogen-bond acceptors (Lipinski definition) is 5. The van der Waals surface area contributed by atoms with Crippen molar-refractivity contribution in [3.05, 3.63) is 64.7 Å². The molecule has 0 radical (unpaired) electrons. The molecule has 7 heteroatoms. The molecule has 5 nitrogen and oxygen atoms in total. The van der Waals surface area contributed by atoms with Gasteiger partial charge in [-0.05, 0) is 35.4 Å². The van der Waals surface area contributed by atoms with Gasteiger partial charge >= 0.3 is 0 Å². The Morgan fingerprint density at radius 2 is 2.00 bits per heavy atom. The van der Waals surface area contributed by atoms with Crippen LogP contribution in [0.4, 0.5) is 0 Å². The van der Waals surface area contributed by atoms with Gasteiger partial charge in [-0.1, -0.05) is 35.9 Å². The Morgan fingerprint density at radius 3 is 2.69 bits per heavy atom. The maximum atomic E-state index is 12.4. The average molecular weight is 435 g/mol. The summed E-state index contributed by atoms with van der Waals surface area (Å²) in [4.78, 5) is 14.8. The van der Waals surface area contributed by atoms with E-state index in [1.165, 1.54) is 5.56 Å². The van der Waals surface area contributed by atoms with Crippen LogP contribution in [0, 0.1) is 0 Å². The number of halogens is 1. The third kappa shape index (κ3) is 6.93. The van der Waals surface area contributed by atoms with E-state index < -0.39 is 0 Å². The number of carbonyl (C=O) groups is 1. The molecule has 3 rings (SSSR count). The van der Waals surface area contributed by atoms with Gasteiger partial charge < -0.3 is 14.8 Å². The van der Waals surface area contributed by atoms with E-state index in [9.17, 15) is 4.79 Å². The molecule has 1 aliphatic heterocycles. The van der Waals surface area contributed by atoms with Crippen LogP contribution in [0.15, 0.2) is 48.5 Å². The largest absolute Gasteiger partial charge is 0.497 e. The lowest BCUT2D eigenvalue weighted by molar-refractivity contribution is -0.118. The molecule has 1 unspecified atom stereocenters. The average Bonchev–Trinajstić information content (AvgIpc) is 2.75. The van der Waals surface area contributed by atoms with Crippen molar-refractivity contribution in [2.24, 2.45) is 0 Å². The van der Waals surface area contributed by atoms with E-state index in [-0.39, 0.29) is 11.9 Å². The number of morpholine rings is 1. The van der Waals surface area contributed by atoms with Crippen LogP contribution < -0.4 is 10.1 Å². The summed E-state index contributed by atoms with van der Waals surface area (Å²) in [6.07, 6.45) is 0. The minimum absolute atomic E-state index is 0.0452. The van der Waals surface area contributed by atoms with Crippen LogP contribution in [0.25, 0.3) is 0 Å². The molecular weight excluding hydrogens is 408 g/mol. The standard InChI is InChI=1S/C22H27ClN2O3S/c1-27-20-7-5-18(6-8-20)21(25-9-11-28-12-10-25)14-24-22(26)16-29-15-17-3-2-4-19(23)13-17/h2-8,13,21H,9-12,14-16H2,1H3,(H,24,26). The van der Waals surface area contributed by atoms with Gasteiger partial charge in [0.2, 0.25) is 5.91 Å². The Bertz CT molecular complexity index is 782. The van der Waals surface area contributed by atoms with Crippen molar-refractivity contribution in [3.63, 3.8) is 0 Å². The summed E-state index contributed by atoms with van der Waals surface area (Å²) in [5, 5.41) is 3.83. The molecule has 2 aromatic rings. The van der Waals surface area contributed by atoms with Crippen molar-refractivity contribution in [3.8, 4) is 5.75 Å². The van der Waals surface area contributed by atoms with Crippen molar-refractivity contribution in [2.45, 2.75) is 11.8 Å². The number of amides is 1. The zero-order valence-corrected chi connectivity index (χ0v) is 18.2. The molecule has 1 amide bonds. The van der Waals surface area contributed by atoms with Crippen LogP contribution in [0.1, 0.15) is 17.2 Å². The second-order valence-electron chi connectivity index (χ2n) is 6.86. The SMILES string of the molecule is COc1ccc(C(CNC(=O)CSCc2cccc(Cl)c2)N2CCOCC2)cc1. The Morgan fingerprint density at radius 1 is 1.24 bits per heavy atom. The van der Waals surface area contributed by atoms with Gasteiger partial charge in [0.25, 0.3) is 0 Å². The molecule has 2 aromatic carbocycles. The van der Waals surface area contributed by atoms with Gasteiger partial charge in [-0.3, -0.25) is 9.69 Å². The highest BCUT2D eigenvalue weighted by Crippen LogP contribution is 2.24. The minimum Gasteiger partial charge on any atom is -0.497 e. The summed E-state index contributed by atoms with van der Waals surface area (Å²) in [7, 11) is 1.66. The predicted molar refractivity (Wildman–Crippen MR) is 119 cm³/mol. The van der Waals surface area contributed by atoms with Crippen LogP contribution >= 0.6 is 23.4 Å². The first-order valence-electron chi connectivity index (χ1n) is 9.70. The van der Waals surface area contributed by atoms with Crippen LogP contribution in [0.3, 0.4) is 0 Å². The molecular formula is C22H27ClN2O3S. The highest BCUT2D eigenvalue weighted by molar-refractivity contribution is 7.99. The number of methoxy groups -OCH3 is 1. The molecule has 0 spiro atoms. The van der Waals surface area contributed by atoms with Crippen molar-refractivity contribution in [1.29, 1.82) is 0 Å². The number of rotatable bonds is 9. The Balaban J connectivity index is 1.53. The predicted octanol–water partition coefficient (Wildman–Crippen LogP) is 3.77. The topological polar surface area (TPSA) is 50.8 Å². The number of benzene rings is 2. The monoisotopic (exact) mass is 434 g/mol. The van der Waals surface area contributed by atoms with Gasteiger partial charge in [-0.15, -0.1) is 11.8 Å². The Kier molecular flexibility index (Phi) is 8.68. The summed E-state index contributed by atoms with van der Waals surface area (Å²) >= 11 is 7.60. The van der Waals surface area contributed by atoms with E-state index in [0.29, 0.717) is 12.3 Å². The fourth-order valence-corrected chi connectivity index (χ4v) is 4.34. The molecule has 0 saturated carbocycles. The molecule has 156 valence electrons. The van der Waals surface area contributed by atoms with Gasteiger partial charge in [0, 0.05) is 30.4 Å². The number of nitrogens with zero attached hydrogens (tertiary/aromatic N) is 1. The molecule has 0 aliphatic carbocycles. The number of nitrogens with one attached hydrogen (secondary N) is 1. The first kappa shape index (κ1) is 22.0. The lowest BCUT2D eigenvalue weighted by Crippen LogP contribution is -2.44. The van der Waals surface area contributed by atoms with Crippen molar-refractivity contribution in [1.82, 2.24) is 10.2 Å². The van der Waals surface area contributed by atoms with Crippen molar-refractivity contribution >= 4 is 29.3 Å². The smallest absolute Gasteiger partial charge is 0.230 e. The fourth-order valence-electron chi connectivity index (χ4n) is 3.32. The zero-order chi connectivity index (χ0) is 20.5. The molecule has 1 fully saturated rings. The number of thioether (sulfide) groups is 1. The minimum atomic E-state index is 0.0452. The lowest BCUT2D eigenvalue weighted by Gasteiger charge is -2.35. The Hall–Kier alpha value is -1.73. The third-order valence-electron chi connectivity index (χ3n) is 4.87. The van der Waals surface area contributed by atoms with Gasteiger partial charge in [0.15, 0.2) is 0 Å². The summed E-state index contributed by atoms with van der Waals surface area (Å²) in [6, 6.07) is 15.9. The molecule has 1 heterocycles. The summed E-state index contributed by atoms with van der Waals surface area (Å²) in [6.45, 7) is 3.72. The summed E-state index contributed by atoms with van der Waals surface area (Å²) in [5.41, 5.74) is 2.29. The van der Waals surface area contributed by atoms with Gasteiger partial charge in [0.1, 0.15) is 5.75 Å². The molecule has 0 aromatic heterocycles. The zero-order valence-electron chi connectivity index (χ0n) is 16.6. The second kappa shape index (κ2) is 11.5. The fraction of sp³-hybridized carbons (Fsp3) is 0.409. The van der Waals surface area contributed by atoms with Crippen LogP contribution in [0.2, 0.25) is 5.02 Å². The van der Waals surface area contributed by atoms with E-state index in [4.69, 9.17) is 21.1 Å². The highest BCUT2D eigenvalue weighted by Gasteiger charge is 2.23.